The molecule has 4 heteroatoms. The molecule has 0 aromatic rings. The van der Waals surface area contributed by atoms with E-state index in [1.54, 1.807) is 6.26 Å². The highest BCUT2D eigenvalue weighted by Gasteiger charge is 2.29. The Morgan fingerprint density at radius 3 is 2.56 bits per heavy atom. The molecule has 0 spiro atoms. The van der Waals surface area contributed by atoms with Crippen LogP contribution < -0.4 is 5.32 Å². The van der Waals surface area contributed by atoms with Gasteiger partial charge in [0.15, 0.2) is 0 Å². The minimum absolute atomic E-state index is 0.421. The van der Waals surface area contributed by atoms with Crippen LogP contribution in [0.2, 0.25) is 0 Å². The van der Waals surface area contributed by atoms with Gasteiger partial charge in [-0.3, -0.25) is 9.11 Å². The molecule has 1 N–H and O–H groups in total. The quantitative estimate of drug-likeness (QED) is 0.805. The summed E-state index contributed by atoms with van der Waals surface area (Å²) in [6.45, 7) is 11.1. The average molecular weight is 246 g/mol. The van der Waals surface area contributed by atoms with E-state index < -0.39 is 10.8 Å². The third kappa shape index (κ3) is 3.82. The lowest BCUT2D eigenvalue weighted by Gasteiger charge is -2.43. The van der Waals surface area contributed by atoms with Crippen LogP contribution >= 0.6 is 0 Å². The van der Waals surface area contributed by atoms with Crippen LogP contribution in [0.5, 0.6) is 0 Å². The Labute approximate surface area is 102 Å². The van der Waals surface area contributed by atoms with E-state index in [2.05, 4.69) is 37.9 Å². The van der Waals surface area contributed by atoms with Crippen molar-refractivity contribution < 1.29 is 4.21 Å². The fourth-order valence-electron chi connectivity index (χ4n) is 2.41. The molecule has 1 saturated heterocycles. The second-order valence-electron chi connectivity index (χ2n) is 5.39. The van der Waals surface area contributed by atoms with Crippen LogP contribution in [0.25, 0.3) is 0 Å². The topological polar surface area (TPSA) is 32.3 Å². The van der Waals surface area contributed by atoms with E-state index in [1.165, 1.54) is 0 Å². The predicted octanol–water partition coefficient (Wildman–Crippen LogP) is 1.07. The zero-order valence-electron chi connectivity index (χ0n) is 11.2. The van der Waals surface area contributed by atoms with Crippen molar-refractivity contribution in [3.05, 3.63) is 0 Å². The van der Waals surface area contributed by atoms with Crippen LogP contribution in [0.15, 0.2) is 0 Å². The van der Waals surface area contributed by atoms with E-state index in [9.17, 15) is 4.21 Å². The molecule has 1 fully saturated rings. The number of nitrogens with one attached hydrogen (secondary N) is 1. The van der Waals surface area contributed by atoms with Crippen molar-refractivity contribution in [2.75, 3.05) is 25.1 Å². The van der Waals surface area contributed by atoms with Crippen molar-refractivity contribution in [3.8, 4) is 0 Å². The van der Waals surface area contributed by atoms with Crippen molar-refractivity contribution in [1.29, 1.82) is 0 Å². The average Bonchev–Trinajstić information content (AvgIpc) is 2.16. The van der Waals surface area contributed by atoms with Gasteiger partial charge in [0.2, 0.25) is 0 Å². The van der Waals surface area contributed by atoms with Gasteiger partial charge in [-0.2, -0.15) is 0 Å². The van der Waals surface area contributed by atoms with Crippen LogP contribution in [0, 0.1) is 5.92 Å². The van der Waals surface area contributed by atoms with Gasteiger partial charge < -0.3 is 5.32 Å². The first-order valence-corrected chi connectivity index (χ1v) is 7.93. The highest BCUT2D eigenvalue weighted by Crippen LogP contribution is 2.15. The zero-order valence-corrected chi connectivity index (χ0v) is 12.0. The van der Waals surface area contributed by atoms with Crippen LogP contribution in [0.1, 0.15) is 27.7 Å². The first-order chi connectivity index (χ1) is 7.41. The molecule has 4 unspecified atom stereocenters. The van der Waals surface area contributed by atoms with Crippen LogP contribution in [-0.2, 0) is 10.8 Å². The molecule has 1 aliphatic heterocycles. The Kier molecular flexibility index (Phi) is 5.41. The molecule has 0 amide bonds. The van der Waals surface area contributed by atoms with Crippen molar-refractivity contribution in [3.63, 3.8) is 0 Å². The standard InChI is InChI=1S/C12H26N2OS/c1-9(2)12-7-14(10(3)6-13-12)11(4)8-16(5)15/h9-13H,6-8H2,1-5H3. The van der Waals surface area contributed by atoms with E-state index in [0.29, 0.717) is 24.0 Å². The lowest BCUT2D eigenvalue weighted by molar-refractivity contribution is 0.0943. The largest absolute Gasteiger partial charge is 0.311 e. The van der Waals surface area contributed by atoms with Crippen molar-refractivity contribution >= 4 is 10.8 Å². The SMILES string of the molecule is CC(C)C1CN(C(C)CS(C)=O)C(C)CN1. The van der Waals surface area contributed by atoms with Gasteiger partial charge in [-0.05, 0) is 19.8 Å². The molecule has 0 saturated carbocycles. The van der Waals surface area contributed by atoms with Gasteiger partial charge in [-0.1, -0.05) is 13.8 Å². The van der Waals surface area contributed by atoms with E-state index in [4.69, 9.17) is 0 Å². The number of rotatable bonds is 4. The summed E-state index contributed by atoms with van der Waals surface area (Å²) >= 11 is 0. The second kappa shape index (κ2) is 6.12. The molecule has 0 aliphatic carbocycles. The third-order valence-corrected chi connectivity index (χ3v) is 4.45. The summed E-state index contributed by atoms with van der Waals surface area (Å²) < 4.78 is 11.3. The highest BCUT2D eigenvalue weighted by atomic mass is 32.2. The summed E-state index contributed by atoms with van der Waals surface area (Å²) in [5.74, 6) is 1.45. The molecule has 4 atom stereocenters. The van der Waals surface area contributed by atoms with Crippen molar-refractivity contribution in [2.45, 2.75) is 45.8 Å². The lowest BCUT2D eigenvalue weighted by atomic mass is 9.99. The van der Waals surface area contributed by atoms with E-state index in [-0.39, 0.29) is 0 Å². The number of hydrogen-bond donors (Lipinski definition) is 1. The molecule has 0 bridgehead atoms. The van der Waals surface area contributed by atoms with Gasteiger partial charge in [0.25, 0.3) is 0 Å². The van der Waals surface area contributed by atoms with Gasteiger partial charge >= 0.3 is 0 Å². The van der Waals surface area contributed by atoms with Crippen molar-refractivity contribution in [1.82, 2.24) is 10.2 Å². The number of piperazine rings is 1. The molecule has 16 heavy (non-hydrogen) atoms. The second-order valence-corrected chi connectivity index (χ2v) is 6.87. The minimum Gasteiger partial charge on any atom is -0.311 e. The summed E-state index contributed by atoms with van der Waals surface area (Å²) in [5.41, 5.74) is 0. The summed E-state index contributed by atoms with van der Waals surface area (Å²) in [4.78, 5) is 2.50. The molecule has 1 aliphatic rings. The maximum Gasteiger partial charge on any atom is 0.0385 e. The molecule has 0 aromatic carbocycles. The van der Waals surface area contributed by atoms with E-state index >= 15 is 0 Å². The zero-order chi connectivity index (χ0) is 12.3. The molecule has 1 heterocycles. The first kappa shape index (κ1) is 14.1. The molecular formula is C12H26N2OS. The summed E-state index contributed by atoms with van der Waals surface area (Å²) in [6.07, 6.45) is 1.79. The third-order valence-electron chi connectivity index (χ3n) is 3.50. The first-order valence-electron chi connectivity index (χ1n) is 6.21. The van der Waals surface area contributed by atoms with Crippen molar-refractivity contribution in [2.24, 2.45) is 5.92 Å². The number of nitrogens with zero attached hydrogens (tertiary/aromatic N) is 1. The predicted molar refractivity (Wildman–Crippen MR) is 71.2 cm³/mol. The molecular weight excluding hydrogens is 220 g/mol. The van der Waals surface area contributed by atoms with E-state index in [0.717, 1.165) is 18.8 Å². The maximum atomic E-state index is 11.3. The Bertz CT molecular complexity index is 245. The summed E-state index contributed by atoms with van der Waals surface area (Å²) in [7, 11) is -0.696. The van der Waals surface area contributed by atoms with Gasteiger partial charge in [-0.15, -0.1) is 0 Å². The summed E-state index contributed by atoms with van der Waals surface area (Å²) in [5, 5.41) is 3.59. The fraction of sp³-hybridized carbons (Fsp3) is 1.00. The van der Waals surface area contributed by atoms with Gasteiger partial charge in [0.05, 0.1) is 0 Å². The number of hydrogen-bond acceptors (Lipinski definition) is 3. The van der Waals surface area contributed by atoms with Crippen LogP contribution in [0.3, 0.4) is 0 Å². The summed E-state index contributed by atoms with van der Waals surface area (Å²) in [6, 6.07) is 1.54. The van der Waals surface area contributed by atoms with Crippen LogP contribution in [0.4, 0.5) is 0 Å². The Hall–Kier alpha value is 0.0700. The molecule has 0 aromatic heterocycles. The minimum atomic E-state index is -0.696. The van der Waals surface area contributed by atoms with Gasteiger partial charge in [0.1, 0.15) is 0 Å². The molecule has 96 valence electrons. The molecule has 0 radical (unpaired) electrons. The van der Waals surface area contributed by atoms with Crippen LogP contribution in [-0.4, -0.2) is 52.3 Å². The van der Waals surface area contributed by atoms with Gasteiger partial charge in [0, 0.05) is 54.0 Å². The Morgan fingerprint density at radius 1 is 1.44 bits per heavy atom. The monoisotopic (exact) mass is 246 g/mol. The fourth-order valence-corrected chi connectivity index (χ4v) is 3.28. The smallest absolute Gasteiger partial charge is 0.0385 e. The lowest BCUT2D eigenvalue weighted by Crippen LogP contribution is -2.60. The highest BCUT2D eigenvalue weighted by molar-refractivity contribution is 7.84. The normalized spacial score (nSPS) is 31.6. The maximum absolute atomic E-state index is 11.3. The molecule has 1 rings (SSSR count). The van der Waals surface area contributed by atoms with E-state index in [1.807, 2.05) is 0 Å². The Morgan fingerprint density at radius 2 is 2.06 bits per heavy atom. The van der Waals surface area contributed by atoms with Gasteiger partial charge in [-0.25, -0.2) is 0 Å². The Balaban J connectivity index is 2.58. The molecule has 3 nitrogen and oxygen atoms in total.